The molecular formula is C9H19BrO2S. The normalized spacial score (nSPS) is 14.4. The van der Waals surface area contributed by atoms with Crippen LogP contribution in [0.15, 0.2) is 0 Å². The number of sulfone groups is 1. The first-order valence-corrected chi connectivity index (χ1v) is 7.60. The third kappa shape index (κ3) is 7.50. The predicted molar refractivity (Wildman–Crippen MR) is 61.2 cm³/mol. The fourth-order valence-electron chi connectivity index (χ4n) is 1.04. The van der Waals surface area contributed by atoms with E-state index in [1.165, 1.54) is 0 Å². The molecule has 2 nitrogen and oxygen atoms in total. The zero-order valence-electron chi connectivity index (χ0n) is 8.42. The lowest BCUT2D eigenvalue weighted by atomic mass is 10.2. The first-order chi connectivity index (χ1) is 6.02. The van der Waals surface area contributed by atoms with Crippen molar-refractivity contribution in [2.24, 2.45) is 0 Å². The lowest BCUT2D eigenvalue weighted by Gasteiger charge is -2.05. The molecule has 13 heavy (non-hydrogen) atoms. The van der Waals surface area contributed by atoms with Crippen molar-refractivity contribution >= 4 is 25.8 Å². The Morgan fingerprint density at radius 3 is 2.31 bits per heavy atom. The summed E-state index contributed by atoms with van der Waals surface area (Å²) in [6.45, 7) is 3.83. The van der Waals surface area contributed by atoms with E-state index in [1.54, 1.807) is 6.92 Å². The third-order valence-electron chi connectivity index (χ3n) is 2.11. The standard InChI is InChI=1S/C9H19BrO2S/c1-3-9(10)7-5-6-8-13(11,12)4-2/h9H,3-8H2,1-2H3. The van der Waals surface area contributed by atoms with Gasteiger partial charge in [-0.3, -0.25) is 0 Å². The van der Waals surface area contributed by atoms with Crippen molar-refractivity contribution in [1.29, 1.82) is 0 Å². The summed E-state index contributed by atoms with van der Waals surface area (Å²) in [5, 5.41) is 0. The van der Waals surface area contributed by atoms with Gasteiger partial charge in [-0.1, -0.05) is 36.2 Å². The molecular weight excluding hydrogens is 252 g/mol. The second kappa shape index (κ2) is 6.82. The molecule has 0 bridgehead atoms. The van der Waals surface area contributed by atoms with Gasteiger partial charge >= 0.3 is 0 Å². The number of rotatable bonds is 7. The molecule has 1 atom stereocenters. The quantitative estimate of drug-likeness (QED) is 0.527. The Labute approximate surface area is 90.2 Å². The SMILES string of the molecule is CCC(Br)CCCCS(=O)(=O)CC. The van der Waals surface area contributed by atoms with Gasteiger partial charge in [-0.25, -0.2) is 8.42 Å². The summed E-state index contributed by atoms with van der Waals surface area (Å²) in [7, 11) is -2.74. The van der Waals surface area contributed by atoms with Crippen molar-refractivity contribution in [1.82, 2.24) is 0 Å². The van der Waals surface area contributed by atoms with Crippen LogP contribution in [-0.2, 0) is 9.84 Å². The minimum Gasteiger partial charge on any atom is -0.229 e. The predicted octanol–water partition coefficient (Wildman–Crippen LogP) is 2.76. The molecule has 4 heteroatoms. The van der Waals surface area contributed by atoms with Crippen LogP contribution in [0.3, 0.4) is 0 Å². The van der Waals surface area contributed by atoms with Gasteiger partial charge in [0, 0.05) is 10.6 Å². The van der Waals surface area contributed by atoms with E-state index < -0.39 is 9.84 Å². The van der Waals surface area contributed by atoms with Crippen LogP contribution in [0.4, 0.5) is 0 Å². The molecule has 0 radical (unpaired) electrons. The molecule has 0 heterocycles. The van der Waals surface area contributed by atoms with Crippen molar-refractivity contribution in [2.75, 3.05) is 11.5 Å². The van der Waals surface area contributed by atoms with E-state index in [-0.39, 0.29) is 5.75 Å². The molecule has 0 saturated carbocycles. The molecule has 0 fully saturated rings. The Morgan fingerprint density at radius 2 is 1.85 bits per heavy atom. The van der Waals surface area contributed by atoms with Gasteiger partial charge in [-0.15, -0.1) is 0 Å². The number of alkyl halides is 1. The molecule has 0 aromatic carbocycles. The molecule has 0 aliphatic carbocycles. The Balaban J connectivity index is 3.47. The van der Waals surface area contributed by atoms with E-state index in [1.807, 2.05) is 0 Å². The van der Waals surface area contributed by atoms with Crippen LogP contribution in [0.2, 0.25) is 0 Å². The van der Waals surface area contributed by atoms with Crippen LogP contribution in [-0.4, -0.2) is 24.8 Å². The van der Waals surface area contributed by atoms with E-state index in [0.29, 0.717) is 10.6 Å². The largest absolute Gasteiger partial charge is 0.229 e. The second-order valence-corrected chi connectivity index (χ2v) is 7.01. The fraction of sp³-hybridized carbons (Fsp3) is 1.00. The second-order valence-electron chi connectivity index (χ2n) is 3.24. The first-order valence-electron chi connectivity index (χ1n) is 4.86. The monoisotopic (exact) mass is 270 g/mol. The van der Waals surface area contributed by atoms with Gasteiger partial charge in [0.25, 0.3) is 0 Å². The van der Waals surface area contributed by atoms with Crippen molar-refractivity contribution in [3.05, 3.63) is 0 Å². The van der Waals surface area contributed by atoms with Crippen molar-refractivity contribution < 1.29 is 8.42 Å². The highest BCUT2D eigenvalue weighted by Crippen LogP contribution is 2.13. The molecule has 0 aromatic heterocycles. The van der Waals surface area contributed by atoms with Crippen LogP contribution in [0, 0.1) is 0 Å². The number of hydrogen-bond acceptors (Lipinski definition) is 2. The number of hydrogen-bond donors (Lipinski definition) is 0. The highest BCUT2D eigenvalue weighted by molar-refractivity contribution is 9.09. The first kappa shape index (κ1) is 13.4. The zero-order chi connectivity index (χ0) is 10.3. The van der Waals surface area contributed by atoms with Gasteiger partial charge in [0.2, 0.25) is 0 Å². The van der Waals surface area contributed by atoms with Crippen molar-refractivity contribution in [3.8, 4) is 0 Å². The lowest BCUT2D eigenvalue weighted by molar-refractivity contribution is 0.589. The molecule has 0 amide bonds. The maximum atomic E-state index is 11.1. The maximum Gasteiger partial charge on any atom is 0.150 e. The van der Waals surface area contributed by atoms with Gasteiger partial charge in [0.05, 0.1) is 5.75 Å². The number of unbranched alkanes of at least 4 members (excludes halogenated alkanes) is 1. The van der Waals surface area contributed by atoms with E-state index in [2.05, 4.69) is 22.9 Å². The molecule has 0 spiro atoms. The summed E-state index contributed by atoms with van der Waals surface area (Å²) in [4.78, 5) is 0.553. The third-order valence-corrected chi connectivity index (χ3v) is 5.00. The summed E-state index contributed by atoms with van der Waals surface area (Å²) in [5.74, 6) is 0.630. The smallest absolute Gasteiger partial charge is 0.150 e. The lowest BCUT2D eigenvalue weighted by Crippen LogP contribution is -2.09. The average Bonchev–Trinajstić information content (AvgIpc) is 2.12. The van der Waals surface area contributed by atoms with E-state index in [9.17, 15) is 8.42 Å². The van der Waals surface area contributed by atoms with Gasteiger partial charge in [-0.2, -0.15) is 0 Å². The Morgan fingerprint density at radius 1 is 1.23 bits per heavy atom. The Kier molecular flexibility index (Phi) is 7.05. The molecule has 0 N–H and O–H groups in total. The molecule has 0 aromatic rings. The Hall–Kier alpha value is 0.430. The summed E-state index contributed by atoms with van der Waals surface area (Å²) >= 11 is 3.53. The van der Waals surface area contributed by atoms with Crippen molar-refractivity contribution in [2.45, 2.75) is 44.4 Å². The van der Waals surface area contributed by atoms with Crippen LogP contribution < -0.4 is 0 Å². The van der Waals surface area contributed by atoms with Crippen LogP contribution in [0.1, 0.15) is 39.5 Å². The molecule has 0 rings (SSSR count). The summed E-state index contributed by atoms with van der Waals surface area (Å²) < 4.78 is 22.2. The highest BCUT2D eigenvalue weighted by Gasteiger charge is 2.07. The van der Waals surface area contributed by atoms with Gasteiger partial charge in [0.1, 0.15) is 9.84 Å². The van der Waals surface area contributed by atoms with Crippen LogP contribution in [0.25, 0.3) is 0 Å². The van der Waals surface area contributed by atoms with E-state index >= 15 is 0 Å². The van der Waals surface area contributed by atoms with Gasteiger partial charge in [0.15, 0.2) is 0 Å². The maximum absolute atomic E-state index is 11.1. The van der Waals surface area contributed by atoms with Crippen molar-refractivity contribution in [3.63, 3.8) is 0 Å². The van der Waals surface area contributed by atoms with E-state index in [4.69, 9.17) is 0 Å². The van der Waals surface area contributed by atoms with E-state index in [0.717, 1.165) is 25.7 Å². The minimum absolute atomic E-state index is 0.276. The summed E-state index contributed by atoms with van der Waals surface area (Å²) in [5.41, 5.74) is 0. The molecule has 0 aliphatic heterocycles. The van der Waals surface area contributed by atoms with Crippen LogP contribution >= 0.6 is 15.9 Å². The Bertz CT molecular complexity index is 212. The minimum atomic E-state index is -2.74. The number of halogens is 1. The molecule has 0 saturated heterocycles. The highest BCUT2D eigenvalue weighted by atomic mass is 79.9. The molecule has 80 valence electrons. The molecule has 1 unspecified atom stereocenters. The van der Waals surface area contributed by atoms with Gasteiger partial charge in [-0.05, 0) is 19.3 Å². The zero-order valence-corrected chi connectivity index (χ0v) is 10.8. The van der Waals surface area contributed by atoms with Crippen LogP contribution in [0.5, 0.6) is 0 Å². The van der Waals surface area contributed by atoms with Gasteiger partial charge < -0.3 is 0 Å². The summed E-state index contributed by atoms with van der Waals surface area (Å²) in [6.07, 6.45) is 4.00. The fourth-order valence-corrected chi connectivity index (χ4v) is 2.29. The topological polar surface area (TPSA) is 34.1 Å². The summed E-state index contributed by atoms with van der Waals surface area (Å²) in [6, 6.07) is 0. The average molecular weight is 271 g/mol. The molecule has 0 aliphatic rings.